The molecule has 1 N–H and O–H groups in total. The molecule has 1 amide bonds. The van der Waals surface area contributed by atoms with Crippen molar-refractivity contribution in [3.63, 3.8) is 0 Å². The third-order valence-corrected chi connectivity index (χ3v) is 3.78. The Hall–Kier alpha value is -2.08. The van der Waals surface area contributed by atoms with Gasteiger partial charge in [0.25, 0.3) is 5.91 Å². The van der Waals surface area contributed by atoms with Crippen molar-refractivity contribution in [3.05, 3.63) is 29.8 Å². The molecule has 0 bridgehead atoms. The molecule has 0 aliphatic carbocycles. The van der Waals surface area contributed by atoms with Gasteiger partial charge in [-0.1, -0.05) is 18.2 Å². The highest BCUT2D eigenvalue weighted by molar-refractivity contribution is 5.83. The van der Waals surface area contributed by atoms with Crippen molar-refractivity contribution < 1.29 is 24.2 Å². The molecule has 2 aliphatic rings. The molecule has 21 heavy (non-hydrogen) atoms. The van der Waals surface area contributed by atoms with Crippen molar-refractivity contribution in [2.45, 2.75) is 25.0 Å². The first-order valence-electron chi connectivity index (χ1n) is 7.00. The van der Waals surface area contributed by atoms with Crippen LogP contribution in [-0.2, 0) is 20.7 Å². The maximum absolute atomic E-state index is 12.5. The van der Waals surface area contributed by atoms with E-state index in [4.69, 9.17) is 14.6 Å². The van der Waals surface area contributed by atoms with Gasteiger partial charge in [-0.3, -0.25) is 9.59 Å². The van der Waals surface area contributed by atoms with Gasteiger partial charge in [0.2, 0.25) is 0 Å². The molecule has 3 rings (SSSR count). The quantitative estimate of drug-likeness (QED) is 0.887. The first kappa shape index (κ1) is 13.9. The van der Waals surface area contributed by atoms with Crippen LogP contribution in [0.15, 0.2) is 24.3 Å². The predicted molar refractivity (Wildman–Crippen MR) is 73.1 cm³/mol. The van der Waals surface area contributed by atoms with Crippen molar-refractivity contribution in [1.29, 1.82) is 0 Å². The van der Waals surface area contributed by atoms with E-state index in [0.717, 1.165) is 11.3 Å². The van der Waals surface area contributed by atoms with E-state index in [1.54, 1.807) is 4.90 Å². The Balaban J connectivity index is 1.62. The maximum Gasteiger partial charge on any atom is 0.306 e. The Labute approximate surface area is 122 Å². The fourth-order valence-electron chi connectivity index (χ4n) is 2.76. The van der Waals surface area contributed by atoms with Gasteiger partial charge in [-0.2, -0.15) is 0 Å². The van der Waals surface area contributed by atoms with Gasteiger partial charge in [0.05, 0.1) is 19.1 Å². The standard InChI is InChI=1S/C15H17NO5/c17-14(18)8-11-9-16(5-6-20-11)15(19)13-7-10-3-1-2-4-12(10)21-13/h1-4,11,13H,5-9H2,(H,17,18). The molecule has 2 aliphatic heterocycles. The molecule has 2 heterocycles. The second-order valence-corrected chi connectivity index (χ2v) is 5.29. The second kappa shape index (κ2) is 5.73. The molecule has 0 spiro atoms. The first-order valence-corrected chi connectivity index (χ1v) is 7.00. The highest BCUT2D eigenvalue weighted by Gasteiger charge is 2.35. The average Bonchev–Trinajstić information content (AvgIpc) is 2.90. The molecule has 6 nitrogen and oxygen atoms in total. The molecule has 0 radical (unpaired) electrons. The molecule has 1 saturated heterocycles. The van der Waals surface area contributed by atoms with Gasteiger partial charge in [0, 0.05) is 19.5 Å². The smallest absolute Gasteiger partial charge is 0.306 e. The van der Waals surface area contributed by atoms with Gasteiger partial charge in [-0.05, 0) is 11.6 Å². The second-order valence-electron chi connectivity index (χ2n) is 5.29. The highest BCUT2D eigenvalue weighted by atomic mass is 16.5. The minimum absolute atomic E-state index is 0.0878. The lowest BCUT2D eigenvalue weighted by Crippen LogP contribution is -2.50. The summed E-state index contributed by atoms with van der Waals surface area (Å²) in [5, 5.41) is 8.81. The zero-order chi connectivity index (χ0) is 14.8. The van der Waals surface area contributed by atoms with Crippen LogP contribution in [0.5, 0.6) is 5.75 Å². The van der Waals surface area contributed by atoms with E-state index >= 15 is 0 Å². The van der Waals surface area contributed by atoms with Gasteiger partial charge in [0.1, 0.15) is 5.75 Å². The third kappa shape index (κ3) is 3.00. The predicted octanol–water partition coefficient (Wildman–Crippen LogP) is 0.692. The Morgan fingerprint density at radius 2 is 2.14 bits per heavy atom. The van der Waals surface area contributed by atoms with Crippen LogP contribution in [0, 0.1) is 0 Å². The zero-order valence-electron chi connectivity index (χ0n) is 11.5. The summed E-state index contributed by atoms with van der Waals surface area (Å²) < 4.78 is 11.1. The van der Waals surface area contributed by atoms with Gasteiger partial charge in [0.15, 0.2) is 6.10 Å². The van der Waals surface area contributed by atoms with E-state index < -0.39 is 18.2 Å². The summed E-state index contributed by atoms with van der Waals surface area (Å²) in [5.74, 6) is -0.255. The lowest BCUT2D eigenvalue weighted by molar-refractivity contribution is -0.151. The van der Waals surface area contributed by atoms with Gasteiger partial charge >= 0.3 is 5.97 Å². The number of carbonyl (C=O) groups is 2. The van der Waals surface area contributed by atoms with Crippen LogP contribution in [0.4, 0.5) is 0 Å². The number of amides is 1. The summed E-state index contributed by atoms with van der Waals surface area (Å²) >= 11 is 0. The monoisotopic (exact) mass is 291 g/mol. The fraction of sp³-hybridized carbons (Fsp3) is 0.467. The van der Waals surface area contributed by atoms with Crippen molar-refractivity contribution in [2.24, 2.45) is 0 Å². The Morgan fingerprint density at radius 3 is 2.90 bits per heavy atom. The Morgan fingerprint density at radius 1 is 1.33 bits per heavy atom. The van der Waals surface area contributed by atoms with E-state index in [2.05, 4.69) is 0 Å². The van der Waals surface area contributed by atoms with Crippen molar-refractivity contribution in [1.82, 2.24) is 4.90 Å². The summed E-state index contributed by atoms with van der Waals surface area (Å²) in [6, 6.07) is 7.61. The van der Waals surface area contributed by atoms with E-state index in [9.17, 15) is 9.59 Å². The molecular weight excluding hydrogens is 274 g/mol. The maximum atomic E-state index is 12.5. The van der Waals surface area contributed by atoms with Crippen LogP contribution < -0.4 is 4.74 Å². The molecule has 112 valence electrons. The summed E-state index contributed by atoms with van der Waals surface area (Å²) in [5.41, 5.74) is 1.03. The van der Waals surface area contributed by atoms with Crippen molar-refractivity contribution in [2.75, 3.05) is 19.7 Å². The first-order chi connectivity index (χ1) is 10.1. The lowest BCUT2D eigenvalue weighted by Gasteiger charge is -2.33. The number of morpholine rings is 1. The molecule has 2 atom stereocenters. The van der Waals surface area contributed by atoms with Crippen LogP contribution in [0.1, 0.15) is 12.0 Å². The minimum Gasteiger partial charge on any atom is -0.481 e. The van der Waals surface area contributed by atoms with Crippen molar-refractivity contribution in [3.8, 4) is 5.75 Å². The van der Waals surface area contributed by atoms with Crippen LogP contribution in [0.3, 0.4) is 0 Å². The van der Waals surface area contributed by atoms with E-state index in [-0.39, 0.29) is 12.3 Å². The van der Waals surface area contributed by atoms with E-state index in [1.807, 2.05) is 24.3 Å². The van der Waals surface area contributed by atoms with Crippen molar-refractivity contribution >= 4 is 11.9 Å². The number of hydrogen-bond donors (Lipinski definition) is 1. The molecule has 1 aromatic carbocycles. The number of para-hydroxylation sites is 1. The summed E-state index contributed by atoms with van der Waals surface area (Å²) in [7, 11) is 0. The lowest BCUT2D eigenvalue weighted by atomic mass is 10.1. The number of carbonyl (C=O) groups excluding carboxylic acids is 1. The van der Waals surface area contributed by atoms with Crippen LogP contribution in [0.2, 0.25) is 0 Å². The number of ether oxygens (including phenoxy) is 2. The summed E-state index contributed by atoms with van der Waals surface area (Å²) in [6.07, 6.45) is -0.471. The van der Waals surface area contributed by atoms with Crippen LogP contribution in [-0.4, -0.2) is 53.8 Å². The highest BCUT2D eigenvalue weighted by Crippen LogP contribution is 2.29. The Kier molecular flexibility index (Phi) is 3.79. The SMILES string of the molecule is O=C(O)CC1CN(C(=O)C2Cc3ccccc3O2)CCO1. The van der Waals surface area contributed by atoms with E-state index in [1.165, 1.54) is 0 Å². The molecule has 0 saturated carbocycles. The van der Waals surface area contributed by atoms with Gasteiger partial charge in [-0.15, -0.1) is 0 Å². The number of aliphatic carboxylic acids is 1. The van der Waals surface area contributed by atoms with Crippen LogP contribution >= 0.6 is 0 Å². The average molecular weight is 291 g/mol. The minimum atomic E-state index is -0.918. The summed E-state index contributed by atoms with van der Waals surface area (Å²) in [4.78, 5) is 24.9. The van der Waals surface area contributed by atoms with Crippen LogP contribution in [0.25, 0.3) is 0 Å². The van der Waals surface area contributed by atoms with Gasteiger partial charge in [-0.25, -0.2) is 0 Å². The molecule has 1 aromatic rings. The van der Waals surface area contributed by atoms with Gasteiger partial charge < -0.3 is 19.5 Å². The summed E-state index contributed by atoms with van der Waals surface area (Å²) in [6.45, 7) is 1.15. The molecule has 6 heteroatoms. The number of carboxylic acid groups (broad SMARTS) is 1. The number of benzene rings is 1. The zero-order valence-corrected chi connectivity index (χ0v) is 11.5. The van der Waals surface area contributed by atoms with E-state index in [0.29, 0.717) is 26.1 Å². The number of fused-ring (bicyclic) bond motifs is 1. The molecular formula is C15H17NO5. The topological polar surface area (TPSA) is 76.1 Å². The third-order valence-electron chi connectivity index (χ3n) is 3.78. The normalized spacial score (nSPS) is 24.3. The number of carboxylic acids is 1. The Bertz CT molecular complexity index is 534. The number of nitrogens with zero attached hydrogens (tertiary/aromatic N) is 1. The largest absolute Gasteiger partial charge is 0.481 e. The molecule has 0 aromatic heterocycles. The fourth-order valence-corrected chi connectivity index (χ4v) is 2.76. The number of rotatable bonds is 3. The number of hydrogen-bond acceptors (Lipinski definition) is 4. The molecule has 1 fully saturated rings. The molecule has 2 unspecified atom stereocenters.